The molecule has 0 heterocycles. The van der Waals surface area contributed by atoms with Gasteiger partial charge in [-0.1, -0.05) is 26.2 Å². The average molecular weight is 276 g/mol. The summed E-state index contributed by atoms with van der Waals surface area (Å²) in [7, 11) is 0. The van der Waals surface area contributed by atoms with Gasteiger partial charge in [0.25, 0.3) is 0 Å². The molecule has 0 radical (unpaired) electrons. The van der Waals surface area contributed by atoms with Crippen molar-refractivity contribution in [3.05, 3.63) is 29.8 Å². The molecule has 0 aliphatic heterocycles. The summed E-state index contributed by atoms with van der Waals surface area (Å²) in [5.74, 6) is 0.813. The number of unbranched alkanes of at least 4 members (excludes halogenated alkanes) is 3. The van der Waals surface area contributed by atoms with Gasteiger partial charge in [-0.2, -0.15) is 5.10 Å². The molecule has 20 heavy (non-hydrogen) atoms. The Bertz CT molecular complexity index is 413. The van der Waals surface area contributed by atoms with E-state index in [0.29, 0.717) is 13.0 Å². The smallest absolute Gasteiger partial charge is 0.240 e. The van der Waals surface area contributed by atoms with E-state index in [2.05, 4.69) is 17.5 Å². The van der Waals surface area contributed by atoms with Gasteiger partial charge in [0.2, 0.25) is 5.91 Å². The number of carbonyl (C=O) groups is 1. The average Bonchev–Trinajstić information content (AvgIpc) is 2.46. The van der Waals surface area contributed by atoms with E-state index in [1.807, 2.05) is 31.2 Å². The third kappa shape index (κ3) is 6.92. The lowest BCUT2D eigenvalue weighted by molar-refractivity contribution is -0.121. The number of rotatable bonds is 9. The van der Waals surface area contributed by atoms with E-state index in [9.17, 15) is 4.79 Å². The first kappa shape index (κ1) is 16.2. The Hall–Kier alpha value is -1.84. The maximum absolute atomic E-state index is 11.5. The molecule has 0 spiro atoms. The number of nitrogens with zero attached hydrogens (tertiary/aromatic N) is 1. The molecule has 0 unspecified atom stereocenters. The first-order valence-corrected chi connectivity index (χ1v) is 7.31. The van der Waals surface area contributed by atoms with Crippen LogP contribution in [0.5, 0.6) is 5.75 Å². The maximum Gasteiger partial charge on any atom is 0.240 e. The molecule has 0 saturated carbocycles. The largest absolute Gasteiger partial charge is 0.494 e. The standard InChI is InChI=1S/C16H24N2O2/c1-3-5-6-7-8-16(19)18-17-13-14-9-11-15(12-10-14)20-4-2/h9-13H,3-8H2,1-2H3,(H,18,19). The highest BCUT2D eigenvalue weighted by atomic mass is 16.5. The van der Waals surface area contributed by atoms with Crippen LogP contribution in [0.1, 0.15) is 51.5 Å². The van der Waals surface area contributed by atoms with Gasteiger partial charge in [0.05, 0.1) is 12.8 Å². The molecule has 1 rings (SSSR count). The summed E-state index contributed by atoms with van der Waals surface area (Å²) in [4.78, 5) is 11.5. The van der Waals surface area contributed by atoms with E-state index in [4.69, 9.17) is 4.74 Å². The van der Waals surface area contributed by atoms with Crippen LogP contribution in [-0.4, -0.2) is 18.7 Å². The van der Waals surface area contributed by atoms with Crippen LogP contribution in [0.15, 0.2) is 29.4 Å². The molecular weight excluding hydrogens is 252 g/mol. The van der Waals surface area contributed by atoms with E-state index in [1.165, 1.54) is 12.8 Å². The molecule has 4 nitrogen and oxygen atoms in total. The van der Waals surface area contributed by atoms with Crippen molar-refractivity contribution in [1.82, 2.24) is 5.43 Å². The molecule has 1 aromatic carbocycles. The number of hydrogen-bond donors (Lipinski definition) is 1. The molecule has 110 valence electrons. The van der Waals surface area contributed by atoms with Crippen molar-refractivity contribution in [3.8, 4) is 5.75 Å². The van der Waals surface area contributed by atoms with E-state index < -0.39 is 0 Å². The highest BCUT2D eigenvalue weighted by Gasteiger charge is 1.98. The first-order valence-electron chi connectivity index (χ1n) is 7.31. The van der Waals surface area contributed by atoms with Crippen LogP contribution >= 0.6 is 0 Å². The third-order valence-corrected chi connectivity index (χ3v) is 2.85. The molecule has 1 amide bonds. The van der Waals surface area contributed by atoms with Crippen molar-refractivity contribution >= 4 is 12.1 Å². The van der Waals surface area contributed by atoms with Crippen molar-refractivity contribution in [1.29, 1.82) is 0 Å². The number of nitrogens with one attached hydrogen (secondary N) is 1. The third-order valence-electron chi connectivity index (χ3n) is 2.85. The number of ether oxygens (including phenoxy) is 1. The number of benzene rings is 1. The first-order chi connectivity index (χ1) is 9.76. The number of carbonyl (C=O) groups excluding carboxylic acids is 1. The maximum atomic E-state index is 11.5. The van der Waals surface area contributed by atoms with Crippen molar-refractivity contribution < 1.29 is 9.53 Å². The Kier molecular flexibility index (Phi) is 8.11. The minimum atomic E-state index is -0.0247. The zero-order valence-electron chi connectivity index (χ0n) is 12.4. The van der Waals surface area contributed by atoms with E-state index in [0.717, 1.165) is 24.2 Å². The van der Waals surface area contributed by atoms with Gasteiger partial charge in [-0.05, 0) is 43.2 Å². The van der Waals surface area contributed by atoms with Crippen LogP contribution in [0.3, 0.4) is 0 Å². The van der Waals surface area contributed by atoms with Gasteiger partial charge < -0.3 is 4.74 Å². The molecule has 0 aromatic heterocycles. The molecule has 1 aromatic rings. The van der Waals surface area contributed by atoms with Gasteiger partial charge in [-0.15, -0.1) is 0 Å². The van der Waals surface area contributed by atoms with E-state index in [-0.39, 0.29) is 5.91 Å². The highest BCUT2D eigenvalue weighted by molar-refractivity contribution is 5.82. The second-order valence-electron chi connectivity index (χ2n) is 4.61. The van der Waals surface area contributed by atoms with Crippen molar-refractivity contribution in [3.63, 3.8) is 0 Å². The summed E-state index contributed by atoms with van der Waals surface area (Å²) in [6.45, 7) is 4.76. The van der Waals surface area contributed by atoms with Crippen molar-refractivity contribution in [2.45, 2.75) is 46.0 Å². The monoisotopic (exact) mass is 276 g/mol. The van der Waals surface area contributed by atoms with Crippen LogP contribution in [0, 0.1) is 0 Å². The molecule has 1 N–H and O–H groups in total. The number of amides is 1. The van der Waals surface area contributed by atoms with Gasteiger partial charge in [-0.25, -0.2) is 5.43 Å². The lowest BCUT2D eigenvalue weighted by Gasteiger charge is -2.02. The van der Waals surface area contributed by atoms with Crippen LogP contribution in [0.4, 0.5) is 0 Å². The van der Waals surface area contributed by atoms with Crippen LogP contribution in [0.2, 0.25) is 0 Å². The van der Waals surface area contributed by atoms with Gasteiger partial charge in [-0.3, -0.25) is 4.79 Å². The molecule has 0 aliphatic rings. The van der Waals surface area contributed by atoms with Crippen LogP contribution in [0.25, 0.3) is 0 Å². The zero-order valence-corrected chi connectivity index (χ0v) is 12.4. The molecule has 0 saturated heterocycles. The van der Waals surface area contributed by atoms with E-state index >= 15 is 0 Å². The fourth-order valence-electron chi connectivity index (χ4n) is 1.76. The molecule has 0 fully saturated rings. The normalized spacial score (nSPS) is 10.7. The second-order valence-corrected chi connectivity index (χ2v) is 4.61. The second kappa shape index (κ2) is 10.0. The van der Waals surface area contributed by atoms with Crippen molar-refractivity contribution in [2.75, 3.05) is 6.61 Å². The van der Waals surface area contributed by atoms with Gasteiger partial charge >= 0.3 is 0 Å². The lowest BCUT2D eigenvalue weighted by atomic mass is 10.1. The summed E-state index contributed by atoms with van der Waals surface area (Å²) in [6, 6.07) is 7.58. The van der Waals surface area contributed by atoms with Gasteiger partial charge in [0, 0.05) is 6.42 Å². The highest BCUT2D eigenvalue weighted by Crippen LogP contribution is 2.10. The fourth-order valence-corrected chi connectivity index (χ4v) is 1.76. The van der Waals surface area contributed by atoms with E-state index in [1.54, 1.807) is 6.21 Å². The Morgan fingerprint density at radius 1 is 1.20 bits per heavy atom. The summed E-state index contributed by atoms with van der Waals surface area (Å²) < 4.78 is 5.35. The molecule has 4 heteroatoms. The molecule has 0 aliphatic carbocycles. The zero-order chi connectivity index (χ0) is 14.6. The van der Waals surface area contributed by atoms with Crippen molar-refractivity contribution in [2.24, 2.45) is 5.10 Å². The quantitative estimate of drug-likeness (QED) is 0.426. The van der Waals surface area contributed by atoms with Gasteiger partial charge in [0.15, 0.2) is 0 Å². The lowest BCUT2D eigenvalue weighted by Crippen LogP contribution is -2.16. The number of hydrogen-bond acceptors (Lipinski definition) is 3. The van der Waals surface area contributed by atoms with Crippen LogP contribution in [-0.2, 0) is 4.79 Å². The minimum Gasteiger partial charge on any atom is -0.494 e. The fraction of sp³-hybridized carbons (Fsp3) is 0.500. The number of hydrazone groups is 1. The SMILES string of the molecule is CCCCCCC(=O)NN=Cc1ccc(OCC)cc1. The Balaban J connectivity index is 2.27. The van der Waals surface area contributed by atoms with Crippen LogP contribution < -0.4 is 10.2 Å². The Morgan fingerprint density at radius 3 is 2.60 bits per heavy atom. The predicted octanol–water partition coefficient (Wildman–Crippen LogP) is 3.51. The molecule has 0 atom stereocenters. The Labute approximate surface area is 121 Å². The minimum absolute atomic E-state index is 0.0247. The Morgan fingerprint density at radius 2 is 1.95 bits per heavy atom. The summed E-state index contributed by atoms with van der Waals surface area (Å²) in [5, 5.41) is 3.95. The summed E-state index contributed by atoms with van der Waals surface area (Å²) in [5.41, 5.74) is 3.48. The topological polar surface area (TPSA) is 50.7 Å². The van der Waals surface area contributed by atoms with Gasteiger partial charge in [0.1, 0.15) is 5.75 Å². The summed E-state index contributed by atoms with van der Waals surface area (Å²) in [6.07, 6.45) is 6.57. The predicted molar refractivity (Wildman–Crippen MR) is 82.1 cm³/mol. The molecular formula is C16H24N2O2. The summed E-state index contributed by atoms with van der Waals surface area (Å²) >= 11 is 0. The molecule has 0 bridgehead atoms.